The molecule has 2 N–H and O–H groups in total. The van der Waals surface area contributed by atoms with Gasteiger partial charge in [0.1, 0.15) is 12.4 Å². The number of aliphatic carboxylic acids is 1. The van der Waals surface area contributed by atoms with E-state index in [-0.39, 0.29) is 17.9 Å². The molecule has 9 heteroatoms. The van der Waals surface area contributed by atoms with Gasteiger partial charge in [-0.1, -0.05) is 12.1 Å². The number of allylic oxidation sites excluding steroid dienone is 1. The molecule has 0 spiro atoms. The van der Waals surface area contributed by atoms with Gasteiger partial charge in [0, 0.05) is 45.6 Å². The van der Waals surface area contributed by atoms with Gasteiger partial charge >= 0.3 is 5.97 Å². The van der Waals surface area contributed by atoms with Crippen molar-refractivity contribution in [3.8, 4) is 5.75 Å². The summed E-state index contributed by atoms with van der Waals surface area (Å²) in [7, 11) is -3.59. The van der Waals surface area contributed by atoms with E-state index in [0.29, 0.717) is 25.9 Å². The SMILES string of the molecule is O=C(O)CCC/C=C1\c2cnccc2COc2ccc(CCNS(=O)(=O)c3ccc(I)cc3)cc21. The van der Waals surface area contributed by atoms with Gasteiger partial charge in [0.15, 0.2) is 0 Å². The molecule has 0 saturated carbocycles. The highest BCUT2D eigenvalue weighted by Crippen LogP contribution is 2.37. The van der Waals surface area contributed by atoms with Crippen LogP contribution in [0.5, 0.6) is 5.75 Å². The number of fused-ring (bicyclic) bond motifs is 2. The molecule has 0 unspecified atom stereocenters. The van der Waals surface area contributed by atoms with E-state index in [0.717, 1.165) is 37.1 Å². The maximum absolute atomic E-state index is 12.6. The molecule has 1 aliphatic rings. The molecule has 0 radical (unpaired) electrons. The summed E-state index contributed by atoms with van der Waals surface area (Å²) < 4.78 is 34.9. The second-order valence-corrected chi connectivity index (χ2v) is 11.2. The van der Waals surface area contributed by atoms with Crippen molar-refractivity contribution in [3.05, 3.63) is 92.8 Å². The first-order chi connectivity index (χ1) is 16.8. The molecule has 2 aromatic carbocycles. The fraction of sp³-hybridized carbons (Fsp3) is 0.231. The van der Waals surface area contributed by atoms with Crippen molar-refractivity contribution in [2.24, 2.45) is 0 Å². The Morgan fingerprint density at radius 2 is 1.94 bits per heavy atom. The molecule has 0 bridgehead atoms. The average molecular weight is 604 g/mol. The number of hydrogen-bond donors (Lipinski definition) is 2. The first-order valence-electron chi connectivity index (χ1n) is 11.2. The summed E-state index contributed by atoms with van der Waals surface area (Å²) in [5, 5.41) is 8.97. The number of aromatic nitrogens is 1. The Balaban J connectivity index is 1.55. The summed E-state index contributed by atoms with van der Waals surface area (Å²) in [6.07, 6.45) is 7.32. The molecule has 35 heavy (non-hydrogen) atoms. The summed E-state index contributed by atoms with van der Waals surface area (Å²) in [4.78, 5) is 15.4. The van der Waals surface area contributed by atoms with Gasteiger partial charge in [-0.2, -0.15) is 0 Å². The average Bonchev–Trinajstić information content (AvgIpc) is 2.98. The molecule has 1 aliphatic heterocycles. The lowest BCUT2D eigenvalue weighted by Crippen LogP contribution is -2.26. The molecule has 0 fully saturated rings. The van der Waals surface area contributed by atoms with E-state index in [9.17, 15) is 13.2 Å². The van der Waals surface area contributed by atoms with Crippen LogP contribution in [0.2, 0.25) is 0 Å². The molecule has 4 rings (SSSR count). The number of benzene rings is 2. The summed E-state index contributed by atoms with van der Waals surface area (Å²) in [5.41, 5.74) is 4.77. The third kappa shape index (κ3) is 6.47. The summed E-state index contributed by atoms with van der Waals surface area (Å²) in [5.74, 6) is -0.0843. The maximum Gasteiger partial charge on any atom is 0.303 e. The molecular formula is C26H25IN2O5S. The zero-order valence-corrected chi connectivity index (χ0v) is 21.9. The number of hydrogen-bond acceptors (Lipinski definition) is 5. The van der Waals surface area contributed by atoms with Crippen molar-refractivity contribution in [1.29, 1.82) is 0 Å². The lowest BCUT2D eigenvalue weighted by molar-refractivity contribution is -0.137. The Labute approximate surface area is 218 Å². The van der Waals surface area contributed by atoms with Gasteiger partial charge in [-0.25, -0.2) is 13.1 Å². The molecule has 0 atom stereocenters. The number of nitrogens with one attached hydrogen (secondary N) is 1. The fourth-order valence-electron chi connectivity index (χ4n) is 3.91. The number of carboxylic acid groups (broad SMARTS) is 1. The van der Waals surface area contributed by atoms with Crippen molar-refractivity contribution in [2.45, 2.75) is 37.2 Å². The lowest BCUT2D eigenvalue weighted by atomic mass is 9.93. The highest BCUT2D eigenvalue weighted by atomic mass is 127. The van der Waals surface area contributed by atoms with E-state index in [4.69, 9.17) is 9.84 Å². The van der Waals surface area contributed by atoms with E-state index >= 15 is 0 Å². The molecule has 3 aromatic rings. The van der Waals surface area contributed by atoms with E-state index in [1.54, 1.807) is 36.7 Å². The number of unbranched alkanes of at least 4 members (excludes halogenated alkanes) is 1. The summed E-state index contributed by atoms with van der Waals surface area (Å²) >= 11 is 2.14. The van der Waals surface area contributed by atoms with Gasteiger partial charge in [-0.3, -0.25) is 9.78 Å². The molecule has 1 aromatic heterocycles. The van der Waals surface area contributed by atoms with E-state index < -0.39 is 16.0 Å². The lowest BCUT2D eigenvalue weighted by Gasteiger charge is -2.13. The molecule has 182 valence electrons. The second-order valence-electron chi connectivity index (χ2n) is 8.16. The van der Waals surface area contributed by atoms with Crippen LogP contribution in [-0.2, 0) is 27.8 Å². The number of sulfonamides is 1. The van der Waals surface area contributed by atoms with Gasteiger partial charge < -0.3 is 9.84 Å². The van der Waals surface area contributed by atoms with Crippen molar-refractivity contribution in [1.82, 2.24) is 9.71 Å². The van der Waals surface area contributed by atoms with Crippen LogP contribution in [0.15, 0.2) is 71.9 Å². The highest BCUT2D eigenvalue weighted by Gasteiger charge is 2.20. The highest BCUT2D eigenvalue weighted by molar-refractivity contribution is 14.1. The van der Waals surface area contributed by atoms with Gasteiger partial charge in [-0.05, 0) is 95.5 Å². The number of pyridine rings is 1. The second kappa shape index (κ2) is 11.3. The van der Waals surface area contributed by atoms with Crippen molar-refractivity contribution < 1.29 is 23.1 Å². The fourth-order valence-corrected chi connectivity index (χ4v) is 5.30. The van der Waals surface area contributed by atoms with Crippen LogP contribution in [0.25, 0.3) is 5.57 Å². The predicted octanol–water partition coefficient (Wildman–Crippen LogP) is 4.79. The largest absolute Gasteiger partial charge is 0.488 e. The van der Waals surface area contributed by atoms with Crippen LogP contribution in [0.3, 0.4) is 0 Å². The molecule has 0 aliphatic carbocycles. The number of carbonyl (C=O) groups is 1. The Morgan fingerprint density at radius 1 is 1.14 bits per heavy atom. The van der Waals surface area contributed by atoms with Gasteiger partial charge in [0.2, 0.25) is 10.0 Å². The zero-order valence-electron chi connectivity index (χ0n) is 18.9. The third-order valence-corrected chi connectivity index (χ3v) is 7.89. The van der Waals surface area contributed by atoms with Crippen LogP contribution in [0, 0.1) is 3.57 Å². The van der Waals surface area contributed by atoms with Crippen LogP contribution in [-0.4, -0.2) is 31.0 Å². The Bertz CT molecular complexity index is 1350. The molecular weight excluding hydrogens is 579 g/mol. The number of ether oxygens (including phenoxy) is 1. The van der Waals surface area contributed by atoms with Crippen LogP contribution < -0.4 is 9.46 Å². The van der Waals surface area contributed by atoms with Crippen molar-refractivity contribution in [3.63, 3.8) is 0 Å². The normalized spacial score (nSPS) is 14.0. The number of nitrogens with zero attached hydrogens (tertiary/aromatic N) is 1. The smallest absolute Gasteiger partial charge is 0.303 e. The number of rotatable bonds is 9. The minimum atomic E-state index is -3.59. The predicted molar refractivity (Wildman–Crippen MR) is 142 cm³/mol. The van der Waals surface area contributed by atoms with Gasteiger partial charge in [-0.15, -0.1) is 0 Å². The van der Waals surface area contributed by atoms with Crippen LogP contribution in [0.4, 0.5) is 0 Å². The van der Waals surface area contributed by atoms with Crippen LogP contribution in [0.1, 0.15) is 41.5 Å². The third-order valence-electron chi connectivity index (χ3n) is 5.69. The Morgan fingerprint density at radius 3 is 2.71 bits per heavy atom. The number of halogens is 1. The molecule has 2 heterocycles. The molecule has 0 amide bonds. The number of carboxylic acids is 1. The van der Waals surface area contributed by atoms with E-state index in [1.165, 1.54) is 0 Å². The maximum atomic E-state index is 12.6. The van der Waals surface area contributed by atoms with Gasteiger partial charge in [0.25, 0.3) is 0 Å². The summed E-state index contributed by atoms with van der Waals surface area (Å²) in [6, 6.07) is 14.5. The van der Waals surface area contributed by atoms with Gasteiger partial charge in [0.05, 0.1) is 4.90 Å². The quantitative estimate of drug-likeness (QED) is 0.269. The topological polar surface area (TPSA) is 106 Å². The van der Waals surface area contributed by atoms with Crippen LogP contribution >= 0.6 is 22.6 Å². The minimum Gasteiger partial charge on any atom is -0.488 e. The first-order valence-corrected chi connectivity index (χ1v) is 13.8. The Hall–Kier alpha value is -2.76. The Kier molecular flexibility index (Phi) is 8.19. The molecule has 0 saturated heterocycles. The first kappa shape index (κ1) is 25.3. The summed E-state index contributed by atoms with van der Waals surface area (Å²) in [6.45, 7) is 0.663. The minimum absolute atomic E-state index is 0.105. The molecule has 7 nitrogen and oxygen atoms in total. The van der Waals surface area contributed by atoms with E-state index in [1.807, 2.05) is 30.3 Å². The standard InChI is InChI=1S/C26H25IN2O5S/c27-20-6-8-21(9-7-20)35(32,33)29-14-11-18-5-10-25-23(15-18)22(3-1-2-4-26(30)31)24-16-28-13-12-19(24)17-34-25/h3,5-10,12-13,15-16,29H,1-2,4,11,14,17H2,(H,30,31)/b22-3-. The zero-order chi connectivity index (χ0) is 24.8. The monoisotopic (exact) mass is 604 g/mol. The van der Waals surface area contributed by atoms with Crippen molar-refractivity contribution in [2.75, 3.05) is 6.54 Å². The van der Waals surface area contributed by atoms with E-state index in [2.05, 4.69) is 32.3 Å². The van der Waals surface area contributed by atoms with Crippen molar-refractivity contribution >= 4 is 44.2 Å².